The molecule has 0 unspecified atom stereocenters. The third-order valence-corrected chi connectivity index (χ3v) is 5.24. The second kappa shape index (κ2) is 9.86. The van der Waals surface area contributed by atoms with E-state index in [0.717, 1.165) is 4.90 Å². The van der Waals surface area contributed by atoms with Crippen molar-refractivity contribution in [1.82, 2.24) is 10.2 Å². The highest BCUT2D eigenvalue weighted by atomic mass is 79.9. The summed E-state index contributed by atoms with van der Waals surface area (Å²) >= 11 is 3.23. The fourth-order valence-corrected chi connectivity index (χ4v) is 3.42. The van der Waals surface area contributed by atoms with Crippen LogP contribution in [0.4, 0.5) is 10.5 Å². The van der Waals surface area contributed by atoms with Gasteiger partial charge in [-0.05, 0) is 37.6 Å². The minimum Gasteiger partial charge on any atom is -0.483 e. The summed E-state index contributed by atoms with van der Waals surface area (Å²) in [5.41, 5.74) is -0.134. The molecule has 2 heterocycles. The minimum absolute atomic E-state index is 0.0145. The Morgan fingerprint density at radius 1 is 1.36 bits per heavy atom. The summed E-state index contributed by atoms with van der Waals surface area (Å²) in [5.74, 6) is -1.25. The molecule has 1 aliphatic rings. The lowest BCUT2D eigenvalue weighted by Crippen LogP contribution is -2.30. The normalized spacial score (nSPS) is 15.5. The molecule has 1 atom stereocenters. The predicted octanol–water partition coefficient (Wildman–Crippen LogP) is 4.01. The van der Waals surface area contributed by atoms with E-state index in [-0.39, 0.29) is 46.9 Å². The van der Waals surface area contributed by atoms with Gasteiger partial charge >= 0.3 is 17.7 Å². The molecule has 1 aliphatic heterocycles. The molecule has 0 bridgehead atoms. The zero-order valence-corrected chi connectivity index (χ0v) is 19.5. The van der Waals surface area contributed by atoms with Crippen molar-refractivity contribution in [3.63, 3.8) is 0 Å². The predicted molar refractivity (Wildman–Crippen MR) is 118 cm³/mol. The van der Waals surface area contributed by atoms with Crippen LogP contribution >= 0.6 is 15.9 Å². The summed E-state index contributed by atoms with van der Waals surface area (Å²) in [7, 11) is 1.20. The number of nitro groups is 1. The molecule has 1 aromatic carbocycles. The molecule has 1 aromatic heterocycles. The number of halogens is 1. The maximum Gasteiger partial charge on any atom is 0.373 e. The number of rotatable bonds is 8. The number of nitrogens with one attached hydrogen (secondary N) is 1. The van der Waals surface area contributed by atoms with Crippen LogP contribution in [-0.2, 0) is 16.1 Å². The maximum atomic E-state index is 12.9. The Morgan fingerprint density at radius 2 is 2.09 bits per heavy atom. The number of nitro benzene ring substituents is 1. The zero-order valence-electron chi connectivity index (χ0n) is 17.9. The molecule has 0 radical (unpaired) electrons. The van der Waals surface area contributed by atoms with E-state index >= 15 is 0 Å². The highest BCUT2D eigenvalue weighted by molar-refractivity contribution is 9.10. The van der Waals surface area contributed by atoms with Gasteiger partial charge in [-0.3, -0.25) is 19.8 Å². The van der Waals surface area contributed by atoms with E-state index < -0.39 is 22.8 Å². The fraction of sp³-hybridized carbons (Fsp3) is 0.286. The van der Waals surface area contributed by atoms with Crippen LogP contribution in [-0.4, -0.2) is 40.9 Å². The Bertz CT molecular complexity index is 1160. The second-order valence-electron chi connectivity index (χ2n) is 7.07. The van der Waals surface area contributed by atoms with Crippen LogP contribution in [0.2, 0.25) is 0 Å². The van der Waals surface area contributed by atoms with Crippen molar-refractivity contribution in [2.75, 3.05) is 7.11 Å². The Balaban J connectivity index is 1.93. The number of imide groups is 1. The van der Waals surface area contributed by atoms with Gasteiger partial charge in [-0.15, -0.1) is 0 Å². The highest BCUT2D eigenvalue weighted by Gasteiger charge is 2.35. The standard InChI is InChI=1S/C21H20BrN3O8/c1-4-11(2)32-18-12(7-13(22)9-16(18)25(29)30)8-15-19(26)24(21(28)23-15)10-14-5-6-17(33-14)20(27)31-3/h5-9,11H,4,10H2,1-3H3,(H,23,28)/b15-8-/t11-/m1/s1. The number of esters is 1. The monoisotopic (exact) mass is 521 g/mol. The van der Waals surface area contributed by atoms with E-state index in [1.165, 1.54) is 31.4 Å². The summed E-state index contributed by atoms with van der Waals surface area (Å²) in [6.07, 6.45) is 1.59. The van der Waals surface area contributed by atoms with Gasteiger partial charge in [0.05, 0.1) is 24.7 Å². The lowest BCUT2D eigenvalue weighted by atomic mass is 10.1. The van der Waals surface area contributed by atoms with Gasteiger partial charge in [-0.2, -0.15) is 0 Å². The van der Waals surface area contributed by atoms with E-state index in [2.05, 4.69) is 26.0 Å². The molecule has 0 aliphatic carbocycles. The van der Waals surface area contributed by atoms with Gasteiger partial charge in [-0.1, -0.05) is 22.9 Å². The number of methoxy groups -OCH3 is 1. The minimum atomic E-state index is -0.712. The van der Waals surface area contributed by atoms with Gasteiger partial charge in [0, 0.05) is 16.1 Å². The Hall–Kier alpha value is -3.67. The molecule has 2 aromatic rings. The van der Waals surface area contributed by atoms with Gasteiger partial charge in [0.25, 0.3) is 5.91 Å². The van der Waals surface area contributed by atoms with Crippen molar-refractivity contribution in [3.05, 3.63) is 61.6 Å². The summed E-state index contributed by atoms with van der Waals surface area (Å²) in [6.45, 7) is 3.40. The molecule has 174 valence electrons. The number of hydrogen-bond donors (Lipinski definition) is 1. The zero-order chi connectivity index (χ0) is 24.3. The molecule has 33 heavy (non-hydrogen) atoms. The molecule has 3 rings (SSSR count). The lowest BCUT2D eigenvalue weighted by molar-refractivity contribution is -0.386. The van der Waals surface area contributed by atoms with Gasteiger partial charge in [0.1, 0.15) is 11.5 Å². The van der Waals surface area contributed by atoms with Crippen LogP contribution in [0, 0.1) is 10.1 Å². The van der Waals surface area contributed by atoms with Crippen LogP contribution in [0.25, 0.3) is 6.08 Å². The van der Waals surface area contributed by atoms with Crippen LogP contribution in [0.5, 0.6) is 5.75 Å². The van der Waals surface area contributed by atoms with E-state index in [1.807, 2.05) is 6.92 Å². The molecule has 1 N–H and O–H groups in total. The van der Waals surface area contributed by atoms with Crippen LogP contribution < -0.4 is 10.1 Å². The van der Waals surface area contributed by atoms with Gasteiger partial charge < -0.3 is 19.2 Å². The number of benzene rings is 1. The third-order valence-electron chi connectivity index (χ3n) is 4.78. The van der Waals surface area contributed by atoms with E-state index in [9.17, 15) is 24.5 Å². The summed E-state index contributed by atoms with van der Waals surface area (Å²) in [4.78, 5) is 48.7. The van der Waals surface area contributed by atoms with E-state index in [0.29, 0.717) is 10.9 Å². The fourth-order valence-electron chi connectivity index (χ4n) is 2.96. The number of furan rings is 1. The average molecular weight is 522 g/mol. The Labute approximate surface area is 196 Å². The second-order valence-corrected chi connectivity index (χ2v) is 7.99. The molecule has 3 amide bonds. The lowest BCUT2D eigenvalue weighted by Gasteiger charge is -2.15. The number of urea groups is 1. The molecule has 12 heteroatoms. The number of amides is 3. The number of ether oxygens (including phenoxy) is 2. The number of nitrogens with zero attached hydrogens (tertiary/aromatic N) is 2. The van der Waals surface area contributed by atoms with Crippen molar-refractivity contribution in [1.29, 1.82) is 0 Å². The average Bonchev–Trinajstić information content (AvgIpc) is 3.35. The van der Waals surface area contributed by atoms with Gasteiger partial charge in [0.15, 0.2) is 0 Å². The SMILES string of the molecule is CC[C@@H](C)Oc1c(/C=C2\NC(=O)N(Cc3ccc(C(=O)OC)o3)C2=O)cc(Br)cc1[N+](=O)[O-]. The number of carbonyl (C=O) groups is 3. The highest BCUT2D eigenvalue weighted by Crippen LogP contribution is 2.37. The molecule has 11 nitrogen and oxygen atoms in total. The molecular formula is C21H20BrN3O8. The summed E-state index contributed by atoms with van der Waals surface area (Å²) in [5, 5.41) is 14.0. The van der Waals surface area contributed by atoms with Crippen molar-refractivity contribution in [3.8, 4) is 5.75 Å². The third kappa shape index (κ3) is 5.22. The molecule has 0 saturated carbocycles. The quantitative estimate of drug-likeness (QED) is 0.180. The van der Waals surface area contributed by atoms with E-state index in [1.54, 1.807) is 13.0 Å². The smallest absolute Gasteiger partial charge is 0.373 e. The molecule has 1 fully saturated rings. The first-order valence-corrected chi connectivity index (χ1v) is 10.6. The number of hydrogen-bond acceptors (Lipinski definition) is 8. The topological polar surface area (TPSA) is 141 Å². The Morgan fingerprint density at radius 3 is 2.73 bits per heavy atom. The van der Waals surface area contributed by atoms with Crippen molar-refractivity contribution in [2.45, 2.75) is 32.9 Å². The van der Waals surface area contributed by atoms with Crippen molar-refractivity contribution >= 4 is 45.6 Å². The van der Waals surface area contributed by atoms with Gasteiger partial charge in [-0.25, -0.2) is 9.59 Å². The molecule has 0 spiro atoms. The molecular weight excluding hydrogens is 502 g/mol. The van der Waals surface area contributed by atoms with E-state index in [4.69, 9.17) is 9.15 Å². The summed E-state index contributed by atoms with van der Waals surface area (Å²) in [6, 6.07) is 4.96. The van der Waals surface area contributed by atoms with Crippen molar-refractivity contribution < 1.29 is 33.2 Å². The first-order valence-electron chi connectivity index (χ1n) is 9.80. The van der Waals surface area contributed by atoms with Crippen LogP contribution in [0.3, 0.4) is 0 Å². The summed E-state index contributed by atoms with van der Waals surface area (Å²) < 4.78 is 16.0. The first kappa shape index (κ1) is 24.0. The largest absolute Gasteiger partial charge is 0.483 e. The van der Waals surface area contributed by atoms with Crippen LogP contribution in [0.1, 0.15) is 42.1 Å². The molecule has 1 saturated heterocycles. The maximum absolute atomic E-state index is 12.9. The van der Waals surface area contributed by atoms with Crippen molar-refractivity contribution in [2.24, 2.45) is 0 Å². The number of carbonyl (C=O) groups excluding carboxylic acids is 3. The van der Waals surface area contributed by atoms with Gasteiger partial charge in [0.2, 0.25) is 11.5 Å². The Kier molecular flexibility index (Phi) is 7.16. The first-order chi connectivity index (χ1) is 15.6. The van der Waals surface area contributed by atoms with Crippen LogP contribution in [0.15, 0.2) is 38.9 Å².